The van der Waals surface area contributed by atoms with Crippen molar-refractivity contribution in [3.63, 3.8) is 0 Å². The number of rotatable bonds is 14. The van der Waals surface area contributed by atoms with Gasteiger partial charge in [0.25, 0.3) is 0 Å². The van der Waals surface area contributed by atoms with Crippen molar-refractivity contribution in [1.29, 1.82) is 0 Å². The van der Waals surface area contributed by atoms with Crippen LogP contribution in [0.25, 0.3) is 0 Å². The molecule has 0 saturated heterocycles. The predicted molar refractivity (Wildman–Crippen MR) is 155 cm³/mol. The van der Waals surface area contributed by atoms with Gasteiger partial charge in [0.05, 0.1) is 23.8 Å². The molecule has 3 aromatic rings. The molecular formula is C30H41N5O2S. The van der Waals surface area contributed by atoms with Crippen LogP contribution in [0.2, 0.25) is 0 Å². The molecule has 1 heterocycles. The van der Waals surface area contributed by atoms with Crippen molar-refractivity contribution in [3.05, 3.63) is 87.9 Å². The van der Waals surface area contributed by atoms with E-state index in [4.69, 9.17) is 0 Å². The van der Waals surface area contributed by atoms with Gasteiger partial charge in [-0.05, 0) is 43.9 Å². The first-order chi connectivity index (χ1) is 18.3. The first-order valence-electron chi connectivity index (χ1n) is 13.3. The van der Waals surface area contributed by atoms with Gasteiger partial charge in [-0.15, -0.1) is 11.3 Å². The molecule has 3 amide bonds. The van der Waals surface area contributed by atoms with Crippen molar-refractivity contribution in [2.24, 2.45) is 0 Å². The molecule has 0 aliphatic carbocycles. The van der Waals surface area contributed by atoms with Gasteiger partial charge in [-0.3, -0.25) is 4.79 Å². The number of aromatic nitrogens is 1. The Hall–Kier alpha value is -3.23. The summed E-state index contributed by atoms with van der Waals surface area (Å²) < 4.78 is 0. The molecule has 0 aliphatic heterocycles. The summed E-state index contributed by atoms with van der Waals surface area (Å²) in [6.45, 7) is 4.54. The highest BCUT2D eigenvalue weighted by molar-refractivity contribution is 7.09. The smallest absolute Gasteiger partial charge is 0.317 e. The molecule has 0 saturated carbocycles. The van der Waals surface area contributed by atoms with Gasteiger partial charge in [-0.2, -0.15) is 0 Å². The largest absolute Gasteiger partial charge is 0.352 e. The highest BCUT2D eigenvalue weighted by Gasteiger charge is 2.18. The summed E-state index contributed by atoms with van der Waals surface area (Å²) >= 11 is 1.61. The van der Waals surface area contributed by atoms with Gasteiger partial charge < -0.3 is 20.9 Å². The maximum Gasteiger partial charge on any atom is 0.317 e. The number of hydrogen-bond acceptors (Lipinski definition) is 5. The molecular weight excluding hydrogens is 494 g/mol. The Morgan fingerprint density at radius 1 is 0.921 bits per heavy atom. The molecule has 7 nitrogen and oxygen atoms in total. The van der Waals surface area contributed by atoms with E-state index in [-0.39, 0.29) is 24.5 Å². The van der Waals surface area contributed by atoms with E-state index in [2.05, 4.69) is 71.2 Å². The van der Waals surface area contributed by atoms with Crippen molar-refractivity contribution < 1.29 is 9.59 Å². The van der Waals surface area contributed by atoms with Gasteiger partial charge in [0.15, 0.2) is 0 Å². The lowest BCUT2D eigenvalue weighted by atomic mass is 9.96. The molecule has 0 radical (unpaired) electrons. The quantitative estimate of drug-likeness (QED) is 0.278. The normalized spacial score (nSPS) is 12.7. The lowest BCUT2D eigenvalue weighted by Crippen LogP contribution is -2.46. The fourth-order valence-electron chi connectivity index (χ4n) is 4.32. The molecule has 0 aliphatic rings. The molecule has 2 aromatic carbocycles. The van der Waals surface area contributed by atoms with Crippen molar-refractivity contribution in [2.45, 2.75) is 64.1 Å². The summed E-state index contributed by atoms with van der Waals surface area (Å²) in [5.74, 6) is 0.176. The first kappa shape index (κ1) is 29.3. The van der Waals surface area contributed by atoms with E-state index in [1.165, 1.54) is 11.1 Å². The van der Waals surface area contributed by atoms with Crippen LogP contribution in [0, 0.1) is 0 Å². The fourth-order valence-corrected chi connectivity index (χ4v) is 5.14. The third kappa shape index (κ3) is 9.91. The van der Waals surface area contributed by atoms with Crippen LogP contribution in [0.4, 0.5) is 4.79 Å². The van der Waals surface area contributed by atoms with Crippen molar-refractivity contribution >= 4 is 23.3 Å². The Labute approximate surface area is 231 Å². The van der Waals surface area contributed by atoms with Crippen LogP contribution < -0.4 is 16.0 Å². The molecule has 204 valence electrons. The first-order valence-corrected chi connectivity index (χ1v) is 14.2. The number of urea groups is 1. The minimum absolute atomic E-state index is 0.0318. The maximum absolute atomic E-state index is 12.8. The van der Waals surface area contributed by atoms with Crippen LogP contribution in [-0.2, 0) is 24.2 Å². The van der Waals surface area contributed by atoms with E-state index in [0.29, 0.717) is 18.5 Å². The van der Waals surface area contributed by atoms with Gasteiger partial charge in [-0.1, -0.05) is 74.5 Å². The van der Waals surface area contributed by atoms with Crippen LogP contribution in [0.15, 0.2) is 66.0 Å². The summed E-state index contributed by atoms with van der Waals surface area (Å²) in [6.07, 6.45) is 3.42. The third-order valence-corrected chi connectivity index (χ3v) is 7.69. The van der Waals surface area contributed by atoms with E-state index in [1.54, 1.807) is 23.3 Å². The highest BCUT2D eigenvalue weighted by Crippen LogP contribution is 2.19. The average molecular weight is 536 g/mol. The SMILES string of the molecule is CNC(CCC(Cc1ccccc1)NC(=O)CNC(=O)N(C)Cc1csc(C(C)C)n1)Cc1ccccc1. The molecule has 8 heteroatoms. The number of likely N-dealkylation sites (N-methyl/N-ethyl adjacent to an activating group) is 1. The number of carbonyl (C=O) groups excluding carboxylic acids is 2. The lowest BCUT2D eigenvalue weighted by molar-refractivity contribution is -0.120. The number of nitrogens with zero attached hydrogens (tertiary/aromatic N) is 2. The van der Waals surface area contributed by atoms with Crippen LogP contribution in [0.5, 0.6) is 0 Å². The molecule has 0 spiro atoms. The van der Waals surface area contributed by atoms with E-state index >= 15 is 0 Å². The Bertz CT molecular complexity index is 1120. The number of thiazole rings is 1. The molecule has 2 atom stereocenters. The van der Waals surface area contributed by atoms with Crippen LogP contribution >= 0.6 is 11.3 Å². The van der Waals surface area contributed by atoms with Gasteiger partial charge in [-0.25, -0.2) is 9.78 Å². The zero-order chi connectivity index (χ0) is 27.3. The number of benzene rings is 2. The number of carbonyl (C=O) groups is 2. The van der Waals surface area contributed by atoms with Gasteiger partial charge in [0.2, 0.25) is 5.91 Å². The number of hydrogen-bond donors (Lipinski definition) is 3. The van der Waals surface area contributed by atoms with Gasteiger partial charge in [0.1, 0.15) is 0 Å². The minimum Gasteiger partial charge on any atom is -0.352 e. The van der Waals surface area contributed by atoms with Crippen molar-refractivity contribution in [2.75, 3.05) is 20.6 Å². The topological polar surface area (TPSA) is 86.4 Å². The summed E-state index contributed by atoms with van der Waals surface area (Å²) in [5.41, 5.74) is 3.33. The Balaban J connectivity index is 1.52. The fraction of sp³-hybridized carbons (Fsp3) is 0.433. The van der Waals surface area contributed by atoms with Crippen LogP contribution in [0.1, 0.15) is 54.4 Å². The number of amides is 3. The molecule has 3 rings (SSSR count). The Kier molecular flexibility index (Phi) is 11.8. The standard InChI is InChI=1S/C30H41N5O2S/c1-22(2)29-34-27(21-38-29)20-35(4)30(37)32-19-28(36)33-26(18-24-13-9-6-10-14-24)16-15-25(31-3)17-23-11-7-5-8-12-23/h5-14,21-22,25-26,31H,15-20H2,1-4H3,(H,32,37)(H,33,36). The number of nitrogens with one attached hydrogen (secondary N) is 3. The second kappa shape index (κ2) is 15.2. The molecule has 1 aromatic heterocycles. The summed E-state index contributed by atoms with van der Waals surface area (Å²) in [6, 6.07) is 20.6. The van der Waals surface area contributed by atoms with E-state index in [1.807, 2.05) is 36.7 Å². The van der Waals surface area contributed by atoms with Crippen LogP contribution in [0.3, 0.4) is 0 Å². The maximum atomic E-state index is 12.8. The molecule has 2 unspecified atom stereocenters. The van der Waals surface area contributed by atoms with Gasteiger partial charge >= 0.3 is 6.03 Å². The zero-order valence-corrected chi connectivity index (χ0v) is 23.8. The van der Waals surface area contributed by atoms with Crippen molar-refractivity contribution in [3.8, 4) is 0 Å². The minimum atomic E-state index is -0.294. The van der Waals surface area contributed by atoms with E-state index in [9.17, 15) is 9.59 Å². The second-order valence-electron chi connectivity index (χ2n) is 10.1. The van der Waals surface area contributed by atoms with Crippen molar-refractivity contribution in [1.82, 2.24) is 25.8 Å². The van der Waals surface area contributed by atoms with E-state index in [0.717, 1.165) is 36.4 Å². The zero-order valence-electron chi connectivity index (χ0n) is 22.9. The van der Waals surface area contributed by atoms with Crippen LogP contribution in [-0.4, -0.2) is 54.5 Å². The summed E-state index contributed by atoms with van der Waals surface area (Å²) in [4.78, 5) is 31.6. The lowest BCUT2D eigenvalue weighted by Gasteiger charge is -2.23. The van der Waals surface area contributed by atoms with E-state index < -0.39 is 0 Å². The Morgan fingerprint density at radius 3 is 2.05 bits per heavy atom. The summed E-state index contributed by atoms with van der Waals surface area (Å²) in [7, 11) is 3.70. The second-order valence-corrected chi connectivity index (χ2v) is 10.9. The average Bonchev–Trinajstić information content (AvgIpc) is 3.39. The Morgan fingerprint density at radius 2 is 1.50 bits per heavy atom. The van der Waals surface area contributed by atoms with Gasteiger partial charge in [0, 0.05) is 30.4 Å². The molecule has 0 bridgehead atoms. The third-order valence-electron chi connectivity index (χ3n) is 6.50. The predicted octanol–water partition coefficient (Wildman–Crippen LogP) is 4.75. The molecule has 38 heavy (non-hydrogen) atoms. The summed E-state index contributed by atoms with van der Waals surface area (Å²) in [5, 5.41) is 12.4. The molecule has 3 N–H and O–H groups in total. The molecule has 0 fully saturated rings. The highest BCUT2D eigenvalue weighted by atomic mass is 32.1. The monoisotopic (exact) mass is 535 g/mol.